The van der Waals surface area contributed by atoms with Crippen LogP contribution in [-0.2, 0) is 9.59 Å². The number of hydrogen-bond acceptors (Lipinski definition) is 3. The number of halogens is 1. The first-order valence-electron chi connectivity index (χ1n) is 9.10. The molecule has 0 radical (unpaired) electrons. The maximum absolute atomic E-state index is 13.0. The molecule has 1 saturated carbocycles. The van der Waals surface area contributed by atoms with Gasteiger partial charge in [-0.3, -0.25) is 9.59 Å². The lowest BCUT2D eigenvalue weighted by Crippen LogP contribution is -2.48. The van der Waals surface area contributed by atoms with Crippen LogP contribution in [0, 0.1) is 17.3 Å². The van der Waals surface area contributed by atoms with Crippen LogP contribution < -0.4 is 5.73 Å². The second kappa shape index (κ2) is 7.20. The number of hydrogen-bond donors (Lipinski definition) is 1. The Hall–Kier alpha value is -0.810. The third kappa shape index (κ3) is 3.88. The van der Waals surface area contributed by atoms with Gasteiger partial charge in [0.2, 0.25) is 11.8 Å². The molecule has 0 aromatic rings. The van der Waals surface area contributed by atoms with E-state index in [1.54, 1.807) is 0 Å². The second-order valence-electron chi connectivity index (χ2n) is 8.89. The zero-order valence-electron chi connectivity index (χ0n) is 15.2. The number of nitrogens with zero attached hydrogens (tertiary/aromatic N) is 2. The van der Waals surface area contributed by atoms with Crippen molar-refractivity contribution in [1.29, 1.82) is 0 Å². The maximum atomic E-state index is 13.0. The predicted octanol–water partition coefficient (Wildman–Crippen LogP) is 2.03. The average Bonchev–Trinajstić information content (AvgIpc) is 3.13. The van der Waals surface area contributed by atoms with E-state index in [-0.39, 0.29) is 41.7 Å². The van der Waals surface area contributed by atoms with Gasteiger partial charge in [-0.1, -0.05) is 20.8 Å². The molecule has 5 nitrogen and oxygen atoms in total. The topological polar surface area (TPSA) is 66.6 Å². The molecule has 2 amide bonds. The average molecular weight is 358 g/mol. The summed E-state index contributed by atoms with van der Waals surface area (Å²) in [5, 5.41) is 0. The van der Waals surface area contributed by atoms with Crippen molar-refractivity contribution in [3.63, 3.8) is 0 Å². The van der Waals surface area contributed by atoms with Crippen molar-refractivity contribution in [1.82, 2.24) is 9.80 Å². The van der Waals surface area contributed by atoms with Crippen LogP contribution >= 0.6 is 12.4 Å². The Morgan fingerprint density at radius 2 is 1.83 bits per heavy atom. The molecule has 3 fully saturated rings. The standard InChI is InChI=1S/C18H31N3O2.ClH/c1-18(2,3)9-16(22)21-8-4-5-15(21)17(23)20-10-12-6-7-14(19)13(12)11-20;/h12-15H,4-11,19H2,1-3H3;1H. The largest absolute Gasteiger partial charge is 0.340 e. The highest BCUT2D eigenvalue weighted by Crippen LogP contribution is 2.38. The minimum atomic E-state index is -0.236. The van der Waals surface area contributed by atoms with E-state index in [1.165, 1.54) is 0 Å². The lowest BCUT2D eigenvalue weighted by molar-refractivity contribution is -0.144. The minimum Gasteiger partial charge on any atom is -0.340 e. The van der Waals surface area contributed by atoms with Gasteiger partial charge in [0.15, 0.2) is 0 Å². The van der Waals surface area contributed by atoms with Crippen LogP contribution in [0.1, 0.15) is 52.9 Å². The Balaban J connectivity index is 0.00000208. The number of carbonyl (C=O) groups is 2. The Bertz CT molecular complexity index is 491. The number of rotatable bonds is 2. The monoisotopic (exact) mass is 357 g/mol. The van der Waals surface area contributed by atoms with Crippen molar-refractivity contribution < 1.29 is 9.59 Å². The van der Waals surface area contributed by atoms with Gasteiger partial charge in [0.1, 0.15) is 6.04 Å². The van der Waals surface area contributed by atoms with E-state index in [4.69, 9.17) is 5.73 Å². The minimum absolute atomic E-state index is 0. The lowest BCUT2D eigenvalue weighted by atomic mass is 9.91. The van der Waals surface area contributed by atoms with Gasteiger partial charge in [0, 0.05) is 32.1 Å². The number of fused-ring (bicyclic) bond motifs is 1. The van der Waals surface area contributed by atoms with Gasteiger partial charge in [-0.2, -0.15) is 0 Å². The van der Waals surface area contributed by atoms with E-state index in [1.807, 2.05) is 9.80 Å². The Labute approximate surface area is 151 Å². The van der Waals surface area contributed by atoms with Gasteiger partial charge >= 0.3 is 0 Å². The fourth-order valence-corrected chi connectivity index (χ4v) is 4.58. The number of likely N-dealkylation sites (tertiary alicyclic amines) is 2. The van der Waals surface area contributed by atoms with Crippen molar-refractivity contribution in [2.75, 3.05) is 19.6 Å². The third-order valence-corrected chi connectivity index (χ3v) is 5.76. The number of nitrogens with two attached hydrogens (primary N) is 1. The molecule has 2 aliphatic heterocycles. The zero-order chi connectivity index (χ0) is 16.8. The molecule has 2 N–H and O–H groups in total. The Morgan fingerprint density at radius 3 is 2.46 bits per heavy atom. The highest BCUT2D eigenvalue weighted by molar-refractivity contribution is 5.88. The summed E-state index contributed by atoms with van der Waals surface area (Å²) < 4.78 is 0. The first kappa shape index (κ1) is 19.5. The van der Waals surface area contributed by atoms with Crippen molar-refractivity contribution in [3.05, 3.63) is 0 Å². The van der Waals surface area contributed by atoms with Gasteiger partial charge in [0.05, 0.1) is 0 Å². The van der Waals surface area contributed by atoms with E-state index in [2.05, 4.69) is 20.8 Å². The summed E-state index contributed by atoms with van der Waals surface area (Å²) in [5.74, 6) is 1.34. The number of carbonyl (C=O) groups excluding carboxylic acids is 2. The molecule has 4 atom stereocenters. The van der Waals surface area contributed by atoms with Gasteiger partial charge < -0.3 is 15.5 Å². The molecule has 1 aliphatic carbocycles. The molecule has 2 heterocycles. The van der Waals surface area contributed by atoms with E-state index in [9.17, 15) is 9.59 Å². The molecule has 2 saturated heterocycles. The van der Waals surface area contributed by atoms with E-state index < -0.39 is 0 Å². The van der Waals surface area contributed by atoms with Crippen molar-refractivity contribution in [2.24, 2.45) is 23.0 Å². The first-order chi connectivity index (χ1) is 10.8. The Morgan fingerprint density at radius 1 is 1.12 bits per heavy atom. The lowest BCUT2D eigenvalue weighted by Gasteiger charge is -2.30. The third-order valence-electron chi connectivity index (χ3n) is 5.76. The molecule has 4 unspecified atom stereocenters. The molecule has 6 heteroatoms. The summed E-state index contributed by atoms with van der Waals surface area (Å²) in [6.07, 6.45) is 4.50. The van der Waals surface area contributed by atoms with Gasteiger partial charge in [-0.15, -0.1) is 12.4 Å². The normalized spacial score (nSPS) is 32.7. The highest BCUT2D eigenvalue weighted by atomic mass is 35.5. The molecule has 24 heavy (non-hydrogen) atoms. The summed E-state index contributed by atoms with van der Waals surface area (Å²) in [6.45, 7) is 8.57. The molecule has 0 aromatic heterocycles. The summed E-state index contributed by atoms with van der Waals surface area (Å²) >= 11 is 0. The maximum Gasteiger partial charge on any atom is 0.245 e. The van der Waals surface area contributed by atoms with Gasteiger partial charge in [-0.05, 0) is 42.9 Å². The van der Waals surface area contributed by atoms with Crippen molar-refractivity contribution in [3.8, 4) is 0 Å². The molecule has 0 spiro atoms. The molecule has 0 aromatic carbocycles. The smallest absolute Gasteiger partial charge is 0.245 e. The highest BCUT2D eigenvalue weighted by Gasteiger charge is 2.45. The first-order valence-corrected chi connectivity index (χ1v) is 9.10. The zero-order valence-corrected chi connectivity index (χ0v) is 16.0. The Kier molecular flexibility index (Phi) is 5.86. The van der Waals surface area contributed by atoms with Crippen LogP contribution in [0.4, 0.5) is 0 Å². The molecule has 138 valence electrons. The van der Waals surface area contributed by atoms with Crippen LogP contribution in [0.2, 0.25) is 0 Å². The fourth-order valence-electron chi connectivity index (χ4n) is 4.58. The van der Waals surface area contributed by atoms with Crippen LogP contribution in [0.3, 0.4) is 0 Å². The van der Waals surface area contributed by atoms with Gasteiger partial charge in [-0.25, -0.2) is 0 Å². The van der Waals surface area contributed by atoms with Crippen molar-refractivity contribution >= 4 is 24.2 Å². The molecule has 3 rings (SSSR count). The van der Waals surface area contributed by atoms with E-state index >= 15 is 0 Å². The van der Waals surface area contributed by atoms with Crippen LogP contribution in [0.25, 0.3) is 0 Å². The predicted molar refractivity (Wildman–Crippen MR) is 96.8 cm³/mol. The van der Waals surface area contributed by atoms with E-state index in [0.29, 0.717) is 18.3 Å². The summed E-state index contributed by atoms with van der Waals surface area (Å²) in [7, 11) is 0. The molecular formula is C18H32ClN3O2. The van der Waals surface area contributed by atoms with Crippen LogP contribution in [-0.4, -0.2) is 53.3 Å². The summed E-state index contributed by atoms with van der Waals surface area (Å²) in [5.41, 5.74) is 6.14. The quantitative estimate of drug-likeness (QED) is 0.822. The van der Waals surface area contributed by atoms with Gasteiger partial charge in [0.25, 0.3) is 0 Å². The molecular weight excluding hydrogens is 326 g/mol. The van der Waals surface area contributed by atoms with E-state index in [0.717, 1.165) is 45.3 Å². The van der Waals surface area contributed by atoms with Crippen LogP contribution in [0.5, 0.6) is 0 Å². The summed E-state index contributed by atoms with van der Waals surface area (Å²) in [4.78, 5) is 29.4. The number of amides is 2. The van der Waals surface area contributed by atoms with Crippen molar-refractivity contribution in [2.45, 2.75) is 65.0 Å². The summed E-state index contributed by atoms with van der Waals surface area (Å²) in [6, 6.07) is 0.0138. The fraction of sp³-hybridized carbons (Fsp3) is 0.889. The van der Waals surface area contributed by atoms with Crippen LogP contribution in [0.15, 0.2) is 0 Å². The SMILES string of the molecule is CC(C)(C)CC(=O)N1CCCC1C(=O)N1CC2CCC(N)C2C1.Cl. The second-order valence-corrected chi connectivity index (χ2v) is 8.89. The molecule has 3 aliphatic rings. The molecule has 0 bridgehead atoms.